The predicted molar refractivity (Wildman–Crippen MR) is 133 cm³/mol. The van der Waals surface area contributed by atoms with Crippen molar-refractivity contribution in [2.75, 3.05) is 24.5 Å². The quantitative estimate of drug-likeness (QED) is 0.570. The number of benzene rings is 2. The first kappa shape index (κ1) is 22.8. The van der Waals surface area contributed by atoms with Crippen LogP contribution in [0.2, 0.25) is 0 Å². The standard InChI is InChI=1S/C26H29N3O4S/c1-2-27-18-22(26(31)29-16-13-19-9-5-6-10-23(19)29)25(30)21-17-20(11-12-24(21)27)34(32,33)28-14-7-3-4-8-15-28/h5-6,9-12,17-18H,2-4,7-8,13-16H2,1H3. The molecule has 0 atom stereocenters. The van der Waals surface area contributed by atoms with Crippen molar-refractivity contribution < 1.29 is 13.2 Å². The predicted octanol–water partition coefficient (Wildman–Crippen LogP) is 3.79. The van der Waals surface area contributed by atoms with Crippen LogP contribution in [0.25, 0.3) is 10.9 Å². The van der Waals surface area contributed by atoms with Gasteiger partial charge in [0.15, 0.2) is 0 Å². The van der Waals surface area contributed by atoms with Crippen LogP contribution in [0.1, 0.15) is 48.5 Å². The number of fused-ring (bicyclic) bond motifs is 2. The zero-order valence-electron chi connectivity index (χ0n) is 19.4. The molecule has 8 heteroatoms. The van der Waals surface area contributed by atoms with Crippen LogP contribution in [-0.4, -0.2) is 42.8 Å². The minimum Gasteiger partial charge on any atom is -0.347 e. The summed E-state index contributed by atoms with van der Waals surface area (Å²) in [4.78, 5) is 28.8. The highest BCUT2D eigenvalue weighted by atomic mass is 32.2. The molecule has 1 fully saturated rings. The van der Waals surface area contributed by atoms with Crippen LogP contribution in [0.3, 0.4) is 0 Å². The van der Waals surface area contributed by atoms with Crippen LogP contribution < -0.4 is 10.3 Å². The molecule has 1 aromatic heterocycles. The van der Waals surface area contributed by atoms with Gasteiger partial charge >= 0.3 is 0 Å². The molecule has 0 radical (unpaired) electrons. The van der Waals surface area contributed by atoms with Crippen LogP contribution in [0.15, 0.2) is 58.4 Å². The number of para-hydroxylation sites is 1. The second-order valence-electron chi connectivity index (χ2n) is 8.99. The molecular formula is C26H29N3O4S. The lowest BCUT2D eigenvalue weighted by Crippen LogP contribution is -2.34. The van der Waals surface area contributed by atoms with Crippen LogP contribution in [-0.2, 0) is 23.0 Å². The highest BCUT2D eigenvalue weighted by molar-refractivity contribution is 7.89. The molecule has 3 aromatic rings. The van der Waals surface area contributed by atoms with Gasteiger partial charge < -0.3 is 9.47 Å². The van der Waals surface area contributed by atoms with E-state index in [-0.39, 0.29) is 21.8 Å². The summed E-state index contributed by atoms with van der Waals surface area (Å²) in [6.07, 6.45) is 6.08. The Morgan fingerprint density at radius 2 is 1.71 bits per heavy atom. The first-order valence-electron chi connectivity index (χ1n) is 12.0. The lowest BCUT2D eigenvalue weighted by molar-refractivity contribution is 0.0988. The molecule has 3 heterocycles. The number of hydrogen-bond acceptors (Lipinski definition) is 4. The summed E-state index contributed by atoms with van der Waals surface area (Å²) >= 11 is 0. The maximum absolute atomic E-state index is 13.5. The van der Waals surface area contributed by atoms with E-state index in [9.17, 15) is 18.0 Å². The molecule has 7 nitrogen and oxygen atoms in total. The SMILES string of the molecule is CCn1cc(C(=O)N2CCc3ccccc32)c(=O)c2cc(S(=O)(=O)N3CCCCCC3)ccc21. The lowest BCUT2D eigenvalue weighted by Gasteiger charge is -2.21. The van der Waals surface area contributed by atoms with Gasteiger partial charge in [-0.05, 0) is 56.0 Å². The van der Waals surface area contributed by atoms with E-state index in [0.717, 1.165) is 43.4 Å². The Morgan fingerprint density at radius 1 is 0.971 bits per heavy atom. The van der Waals surface area contributed by atoms with E-state index >= 15 is 0 Å². The highest BCUT2D eigenvalue weighted by Crippen LogP contribution is 2.29. The Morgan fingerprint density at radius 3 is 2.44 bits per heavy atom. The van der Waals surface area contributed by atoms with Gasteiger partial charge in [0.25, 0.3) is 5.91 Å². The molecule has 1 amide bonds. The molecule has 2 aromatic carbocycles. The number of sulfonamides is 1. The first-order chi connectivity index (χ1) is 16.4. The summed E-state index contributed by atoms with van der Waals surface area (Å²) in [6.45, 7) is 3.99. The van der Waals surface area contributed by atoms with Crippen molar-refractivity contribution in [2.45, 2.75) is 50.5 Å². The summed E-state index contributed by atoms with van der Waals surface area (Å²) in [6, 6.07) is 12.4. The van der Waals surface area contributed by atoms with Crippen molar-refractivity contribution in [3.8, 4) is 0 Å². The Balaban J connectivity index is 1.60. The minimum absolute atomic E-state index is 0.0652. The second kappa shape index (κ2) is 9.00. The number of aromatic nitrogens is 1. The Labute approximate surface area is 199 Å². The molecule has 0 saturated carbocycles. The molecule has 2 aliphatic rings. The van der Waals surface area contributed by atoms with Gasteiger partial charge in [0.05, 0.1) is 10.4 Å². The summed E-state index contributed by atoms with van der Waals surface area (Å²) < 4.78 is 30.1. The van der Waals surface area contributed by atoms with E-state index in [1.54, 1.807) is 23.2 Å². The smallest absolute Gasteiger partial charge is 0.263 e. The topological polar surface area (TPSA) is 79.7 Å². The van der Waals surface area contributed by atoms with Gasteiger partial charge in [-0.3, -0.25) is 9.59 Å². The summed E-state index contributed by atoms with van der Waals surface area (Å²) in [5, 5.41) is 0.260. The second-order valence-corrected chi connectivity index (χ2v) is 10.9. The highest BCUT2D eigenvalue weighted by Gasteiger charge is 2.29. The number of hydrogen-bond donors (Lipinski definition) is 0. The van der Waals surface area contributed by atoms with Gasteiger partial charge in [0.1, 0.15) is 5.56 Å². The van der Waals surface area contributed by atoms with Gasteiger partial charge in [-0.1, -0.05) is 31.0 Å². The van der Waals surface area contributed by atoms with E-state index in [1.807, 2.05) is 35.8 Å². The largest absolute Gasteiger partial charge is 0.347 e. The average molecular weight is 480 g/mol. The number of pyridine rings is 1. The molecule has 1 saturated heterocycles. The van der Waals surface area contributed by atoms with Crippen molar-refractivity contribution in [3.63, 3.8) is 0 Å². The molecule has 2 aliphatic heterocycles. The lowest BCUT2D eigenvalue weighted by atomic mass is 10.1. The van der Waals surface area contributed by atoms with Crippen molar-refractivity contribution in [3.05, 3.63) is 70.0 Å². The fourth-order valence-corrected chi connectivity index (χ4v) is 6.62. The first-order valence-corrected chi connectivity index (χ1v) is 13.4. The third kappa shape index (κ3) is 3.84. The molecule has 178 valence electrons. The van der Waals surface area contributed by atoms with Crippen LogP contribution >= 0.6 is 0 Å². The monoisotopic (exact) mass is 479 g/mol. The number of anilines is 1. The van der Waals surface area contributed by atoms with E-state index in [1.165, 1.54) is 10.4 Å². The number of amides is 1. The summed E-state index contributed by atoms with van der Waals surface area (Å²) in [5.74, 6) is -0.347. The van der Waals surface area contributed by atoms with Crippen molar-refractivity contribution in [1.29, 1.82) is 0 Å². The zero-order valence-corrected chi connectivity index (χ0v) is 20.2. The number of nitrogens with zero attached hydrogens (tertiary/aromatic N) is 3. The van der Waals surface area contributed by atoms with Gasteiger partial charge in [-0.25, -0.2) is 8.42 Å². The van der Waals surface area contributed by atoms with E-state index in [0.29, 0.717) is 31.7 Å². The fraction of sp³-hybridized carbons (Fsp3) is 0.385. The molecule has 34 heavy (non-hydrogen) atoms. The number of carbonyl (C=O) groups excluding carboxylic acids is 1. The Bertz CT molecular complexity index is 1420. The van der Waals surface area contributed by atoms with Crippen LogP contribution in [0, 0.1) is 0 Å². The molecule has 0 aliphatic carbocycles. The average Bonchev–Trinajstić information content (AvgIpc) is 3.08. The van der Waals surface area contributed by atoms with Crippen LogP contribution in [0.4, 0.5) is 5.69 Å². The molecule has 0 bridgehead atoms. The number of aryl methyl sites for hydroxylation is 1. The van der Waals surface area contributed by atoms with Crippen LogP contribution in [0.5, 0.6) is 0 Å². The van der Waals surface area contributed by atoms with Crippen molar-refractivity contribution in [2.24, 2.45) is 0 Å². The summed E-state index contributed by atoms with van der Waals surface area (Å²) in [7, 11) is -3.71. The van der Waals surface area contributed by atoms with E-state index in [4.69, 9.17) is 0 Å². The van der Waals surface area contributed by atoms with E-state index in [2.05, 4.69) is 0 Å². The van der Waals surface area contributed by atoms with Gasteiger partial charge in [-0.15, -0.1) is 0 Å². The molecule has 0 unspecified atom stereocenters. The van der Waals surface area contributed by atoms with Gasteiger partial charge in [0.2, 0.25) is 15.5 Å². The van der Waals surface area contributed by atoms with Gasteiger partial charge in [-0.2, -0.15) is 4.31 Å². The number of carbonyl (C=O) groups is 1. The third-order valence-electron chi connectivity index (χ3n) is 6.96. The molecule has 0 spiro atoms. The maximum atomic E-state index is 13.5. The van der Waals surface area contributed by atoms with Crippen molar-refractivity contribution >= 4 is 32.5 Å². The third-order valence-corrected chi connectivity index (χ3v) is 8.85. The Kier molecular flexibility index (Phi) is 6.04. The van der Waals surface area contributed by atoms with Gasteiger partial charge in [0, 0.05) is 43.4 Å². The van der Waals surface area contributed by atoms with Crippen molar-refractivity contribution in [1.82, 2.24) is 8.87 Å². The maximum Gasteiger partial charge on any atom is 0.263 e. The number of rotatable bonds is 4. The zero-order chi connectivity index (χ0) is 23.9. The Hall–Kier alpha value is -2.97. The molecule has 5 rings (SSSR count). The normalized spacial score (nSPS) is 17.0. The molecular weight excluding hydrogens is 450 g/mol. The minimum atomic E-state index is -3.71. The fourth-order valence-electron chi connectivity index (χ4n) is 5.08. The van der Waals surface area contributed by atoms with E-state index < -0.39 is 15.5 Å². The summed E-state index contributed by atoms with van der Waals surface area (Å²) in [5.41, 5.74) is 2.17. The molecule has 0 N–H and O–H groups in total.